The number of aromatic nitrogens is 2. The molecule has 194 valence electrons. The molecular weight excluding hydrogens is 466 g/mol. The summed E-state index contributed by atoms with van der Waals surface area (Å²) in [7, 11) is 3.64. The van der Waals surface area contributed by atoms with Crippen LogP contribution in [0.15, 0.2) is 84.3 Å². The molecule has 0 atom stereocenters. The maximum atomic E-state index is 12.5. The molecule has 1 N–H and O–H groups in total. The van der Waals surface area contributed by atoms with E-state index >= 15 is 0 Å². The number of carbonyl (C=O) groups excluding carboxylic acids is 1. The van der Waals surface area contributed by atoms with Crippen molar-refractivity contribution in [3.63, 3.8) is 0 Å². The number of hydrogen-bond acceptors (Lipinski definition) is 6. The van der Waals surface area contributed by atoms with Crippen LogP contribution in [0.5, 0.6) is 5.75 Å². The van der Waals surface area contributed by atoms with Gasteiger partial charge in [-0.05, 0) is 37.1 Å². The van der Waals surface area contributed by atoms with Crippen molar-refractivity contribution in [3.05, 3.63) is 102 Å². The van der Waals surface area contributed by atoms with Gasteiger partial charge in [-0.25, -0.2) is 0 Å². The predicted molar refractivity (Wildman–Crippen MR) is 145 cm³/mol. The second-order valence-electron chi connectivity index (χ2n) is 8.90. The summed E-state index contributed by atoms with van der Waals surface area (Å²) >= 11 is 0. The van der Waals surface area contributed by atoms with Crippen LogP contribution in [0.1, 0.15) is 33.8 Å². The number of aryl methyl sites for hydroxylation is 1. The highest BCUT2D eigenvalue weighted by Crippen LogP contribution is 2.21. The molecule has 1 fully saturated rings. The van der Waals surface area contributed by atoms with Crippen molar-refractivity contribution in [3.8, 4) is 5.75 Å². The first-order valence-electron chi connectivity index (χ1n) is 12.5. The van der Waals surface area contributed by atoms with Gasteiger partial charge in [0.1, 0.15) is 5.75 Å². The number of nitrogens with one attached hydrogen (secondary N) is 1. The first kappa shape index (κ1) is 25.9. The number of para-hydroxylation sites is 1. The van der Waals surface area contributed by atoms with E-state index in [0.717, 1.165) is 59.9 Å². The summed E-state index contributed by atoms with van der Waals surface area (Å²) < 4.78 is 12.6. The number of benzene rings is 1. The molecule has 1 saturated heterocycles. The minimum absolute atomic E-state index is 0.0583. The highest BCUT2D eigenvalue weighted by molar-refractivity contribution is 5.91. The number of ether oxygens (including phenoxy) is 1. The summed E-state index contributed by atoms with van der Waals surface area (Å²) in [5, 5.41) is 7.90. The topological polar surface area (TPSA) is 75.8 Å². The van der Waals surface area contributed by atoms with E-state index in [1.807, 2.05) is 53.2 Å². The lowest BCUT2D eigenvalue weighted by molar-refractivity contribution is 0.0641. The average Bonchev–Trinajstić information content (AvgIpc) is 3.60. The molecule has 4 rings (SSSR count). The van der Waals surface area contributed by atoms with Gasteiger partial charge in [-0.1, -0.05) is 37.4 Å². The van der Waals surface area contributed by atoms with Gasteiger partial charge in [0.05, 0.1) is 19.6 Å². The zero-order valence-electron chi connectivity index (χ0n) is 21.7. The molecule has 8 nitrogen and oxygen atoms in total. The van der Waals surface area contributed by atoms with Crippen LogP contribution in [0.2, 0.25) is 0 Å². The SMILES string of the molecule is C=C/C(=C\CCc1c(C(=C)NCc2ccccc2OC)cnn1C)N1CCN(C(=O)c2ccco2)CC1. The van der Waals surface area contributed by atoms with Gasteiger partial charge < -0.3 is 24.3 Å². The van der Waals surface area contributed by atoms with Crippen LogP contribution in [0.3, 0.4) is 0 Å². The normalized spacial score (nSPS) is 13.9. The number of amides is 1. The zero-order chi connectivity index (χ0) is 26.2. The molecule has 1 aliphatic rings. The summed E-state index contributed by atoms with van der Waals surface area (Å²) in [6, 6.07) is 11.4. The van der Waals surface area contributed by atoms with Crippen LogP contribution in [-0.2, 0) is 20.0 Å². The number of piperazine rings is 1. The number of furan rings is 1. The molecule has 1 amide bonds. The second-order valence-corrected chi connectivity index (χ2v) is 8.90. The van der Waals surface area contributed by atoms with Crippen LogP contribution >= 0.6 is 0 Å². The molecule has 0 radical (unpaired) electrons. The Labute approximate surface area is 218 Å². The van der Waals surface area contributed by atoms with Crippen LogP contribution in [0.4, 0.5) is 0 Å². The van der Waals surface area contributed by atoms with Crippen molar-refractivity contribution >= 4 is 11.6 Å². The lowest BCUT2D eigenvalue weighted by atomic mass is 10.1. The Morgan fingerprint density at radius 1 is 1.16 bits per heavy atom. The summed E-state index contributed by atoms with van der Waals surface area (Å²) in [5.74, 6) is 1.18. The van der Waals surface area contributed by atoms with Gasteiger partial charge in [0.25, 0.3) is 5.91 Å². The number of rotatable bonds is 11. The van der Waals surface area contributed by atoms with Gasteiger partial charge >= 0.3 is 0 Å². The Bertz CT molecular complexity index is 1250. The molecule has 0 spiro atoms. The molecule has 0 bridgehead atoms. The van der Waals surface area contributed by atoms with Crippen molar-refractivity contribution in [2.75, 3.05) is 33.3 Å². The van der Waals surface area contributed by atoms with Gasteiger partial charge in [0.2, 0.25) is 0 Å². The molecule has 37 heavy (non-hydrogen) atoms. The minimum Gasteiger partial charge on any atom is -0.496 e. The Hall–Kier alpha value is -4.20. The van der Waals surface area contributed by atoms with Gasteiger partial charge in [0.15, 0.2) is 5.76 Å². The fourth-order valence-electron chi connectivity index (χ4n) is 4.58. The number of nitrogens with zero attached hydrogens (tertiary/aromatic N) is 4. The first-order chi connectivity index (χ1) is 18.0. The third-order valence-electron chi connectivity index (χ3n) is 6.68. The Balaban J connectivity index is 1.33. The monoisotopic (exact) mass is 501 g/mol. The summed E-state index contributed by atoms with van der Waals surface area (Å²) in [6.45, 7) is 11.7. The molecule has 1 aromatic carbocycles. The highest BCUT2D eigenvalue weighted by Gasteiger charge is 2.24. The van der Waals surface area contributed by atoms with E-state index < -0.39 is 0 Å². The average molecular weight is 502 g/mol. The van der Waals surface area contributed by atoms with Gasteiger partial charge in [-0.2, -0.15) is 5.10 Å². The van der Waals surface area contributed by atoms with Crippen molar-refractivity contribution < 1.29 is 13.9 Å². The van der Waals surface area contributed by atoms with Crippen LogP contribution in [0, 0.1) is 0 Å². The van der Waals surface area contributed by atoms with E-state index in [0.29, 0.717) is 25.4 Å². The van der Waals surface area contributed by atoms with E-state index in [9.17, 15) is 4.79 Å². The third-order valence-corrected chi connectivity index (χ3v) is 6.68. The fraction of sp³-hybridized carbons (Fsp3) is 0.310. The van der Waals surface area contributed by atoms with Crippen molar-refractivity contribution in [2.24, 2.45) is 7.05 Å². The third kappa shape index (κ3) is 6.14. The van der Waals surface area contributed by atoms with Crippen molar-refractivity contribution in [1.82, 2.24) is 24.9 Å². The van der Waals surface area contributed by atoms with Crippen LogP contribution in [0.25, 0.3) is 5.70 Å². The van der Waals surface area contributed by atoms with Crippen LogP contribution in [-0.4, -0.2) is 58.8 Å². The second kappa shape index (κ2) is 12.2. The molecule has 0 unspecified atom stereocenters. The summed E-state index contributed by atoms with van der Waals surface area (Å²) in [6.07, 6.45) is 9.14. The lowest BCUT2D eigenvalue weighted by Crippen LogP contribution is -2.48. The van der Waals surface area contributed by atoms with Crippen molar-refractivity contribution in [2.45, 2.75) is 19.4 Å². The lowest BCUT2D eigenvalue weighted by Gasteiger charge is -2.36. The van der Waals surface area contributed by atoms with E-state index in [2.05, 4.69) is 34.5 Å². The van der Waals surface area contributed by atoms with Gasteiger partial charge in [-0.15, -0.1) is 0 Å². The standard InChI is InChI=1S/C29H35N5O3/c1-5-24(33-15-17-34(18-16-33)29(35)28-14-9-19-37-28)11-8-12-26-25(21-31-32(26)3)22(2)30-20-23-10-6-7-13-27(23)36-4/h5-7,9-11,13-14,19,21,30H,1-2,8,12,15-18,20H2,3-4H3/b24-11+. The van der Waals surface area contributed by atoms with Gasteiger partial charge in [0, 0.05) is 68.0 Å². The fourth-order valence-corrected chi connectivity index (χ4v) is 4.58. The zero-order valence-corrected chi connectivity index (χ0v) is 21.7. The first-order valence-corrected chi connectivity index (χ1v) is 12.5. The predicted octanol–water partition coefficient (Wildman–Crippen LogP) is 4.24. The molecular formula is C29H35N5O3. The highest BCUT2D eigenvalue weighted by atomic mass is 16.5. The van der Waals surface area contributed by atoms with Gasteiger partial charge in [-0.3, -0.25) is 9.48 Å². The summed E-state index contributed by atoms with van der Waals surface area (Å²) in [5.41, 5.74) is 5.12. The number of hydrogen-bond donors (Lipinski definition) is 1. The van der Waals surface area contributed by atoms with E-state index in [1.165, 1.54) is 6.26 Å². The number of carbonyl (C=O) groups is 1. The van der Waals surface area contributed by atoms with Crippen molar-refractivity contribution in [1.29, 1.82) is 0 Å². The Morgan fingerprint density at radius 3 is 2.62 bits per heavy atom. The molecule has 2 aromatic heterocycles. The quantitative estimate of drug-likeness (QED) is 0.396. The maximum Gasteiger partial charge on any atom is 0.289 e. The summed E-state index contributed by atoms with van der Waals surface area (Å²) in [4.78, 5) is 16.7. The largest absolute Gasteiger partial charge is 0.496 e. The molecule has 0 saturated carbocycles. The molecule has 3 aromatic rings. The minimum atomic E-state index is -0.0583. The molecule has 3 heterocycles. The molecule has 0 aliphatic carbocycles. The molecule has 1 aliphatic heterocycles. The number of allylic oxidation sites excluding steroid dienone is 2. The van der Waals surface area contributed by atoms with E-state index in [-0.39, 0.29) is 5.91 Å². The Kier molecular flexibility index (Phi) is 8.51. The maximum absolute atomic E-state index is 12.5. The van der Waals surface area contributed by atoms with E-state index in [1.54, 1.807) is 19.2 Å². The number of methoxy groups -OCH3 is 1. The molecule has 8 heteroatoms. The smallest absolute Gasteiger partial charge is 0.289 e. The van der Waals surface area contributed by atoms with E-state index in [4.69, 9.17) is 9.15 Å². The Morgan fingerprint density at radius 2 is 1.92 bits per heavy atom. The van der Waals surface area contributed by atoms with Crippen LogP contribution < -0.4 is 10.1 Å².